The predicted molar refractivity (Wildman–Crippen MR) is 136 cm³/mol. The summed E-state index contributed by atoms with van der Waals surface area (Å²) in [5, 5.41) is 2.98. The molecule has 0 aromatic heterocycles. The fraction of sp³-hybridized carbons (Fsp3) is 0.480. The number of nitrogens with zero attached hydrogens (tertiary/aromatic N) is 2. The van der Waals surface area contributed by atoms with Gasteiger partial charge in [-0.3, -0.25) is 14.4 Å². The molecule has 9 heteroatoms. The molecule has 0 atom stereocenters. The lowest BCUT2D eigenvalue weighted by Gasteiger charge is -2.26. The number of morpholine rings is 1. The van der Waals surface area contributed by atoms with E-state index in [-0.39, 0.29) is 10.8 Å². The van der Waals surface area contributed by atoms with Crippen molar-refractivity contribution in [2.75, 3.05) is 63.1 Å². The molecule has 1 aliphatic rings. The Balaban J connectivity index is 1.74. The van der Waals surface area contributed by atoms with Gasteiger partial charge in [0.1, 0.15) is 0 Å². The minimum atomic E-state index is -3.81. The fourth-order valence-corrected chi connectivity index (χ4v) is 5.90. The number of anilines is 2. The second-order valence-electron chi connectivity index (χ2n) is 9.02. The van der Waals surface area contributed by atoms with E-state index in [0.717, 1.165) is 50.5 Å². The van der Waals surface area contributed by atoms with Gasteiger partial charge in [0.25, 0.3) is 15.9 Å². The summed E-state index contributed by atoms with van der Waals surface area (Å²) >= 11 is 0. The van der Waals surface area contributed by atoms with Crippen molar-refractivity contribution in [3.8, 4) is 0 Å². The lowest BCUT2D eigenvalue weighted by molar-refractivity contribution is 0.0374. The molecule has 8 nitrogen and oxygen atoms in total. The van der Waals surface area contributed by atoms with Crippen LogP contribution in [0.5, 0.6) is 0 Å². The largest absolute Gasteiger partial charge is 0.379 e. The number of benzene rings is 2. The van der Waals surface area contributed by atoms with Gasteiger partial charge in [0.05, 0.1) is 23.7 Å². The molecule has 1 amide bonds. The van der Waals surface area contributed by atoms with Gasteiger partial charge >= 0.3 is 0 Å². The first kappa shape index (κ1) is 26.0. The highest BCUT2D eigenvalue weighted by Crippen LogP contribution is 2.27. The van der Waals surface area contributed by atoms with Crippen molar-refractivity contribution in [3.05, 3.63) is 52.6 Å². The van der Waals surface area contributed by atoms with Crippen LogP contribution in [0.1, 0.15) is 33.5 Å². The quantitative estimate of drug-likeness (QED) is 0.528. The maximum absolute atomic E-state index is 13.2. The van der Waals surface area contributed by atoms with Crippen molar-refractivity contribution in [2.24, 2.45) is 0 Å². The predicted octanol–water partition coefficient (Wildman–Crippen LogP) is 2.93. The molecule has 0 unspecified atom stereocenters. The third-order valence-corrected chi connectivity index (χ3v) is 7.57. The number of hydrogen-bond acceptors (Lipinski definition) is 6. The van der Waals surface area contributed by atoms with Crippen LogP contribution in [0.2, 0.25) is 0 Å². The highest BCUT2D eigenvalue weighted by atomic mass is 32.2. The number of carbonyl (C=O) groups is 1. The van der Waals surface area contributed by atoms with Gasteiger partial charge in [0.2, 0.25) is 0 Å². The molecule has 0 spiro atoms. The van der Waals surface area contributed by atoms with Crippen LogP contribution in [0.4, 0.5) is 11.4 Å². The highest BCUT2D eigenvalue weighted by molar-refractivity contribution is 7.92. The van der Waals surface area contributed by atoms with E-state index in [1.165, 1.54) is 0 Å². The van der Waals surface area contributed by atoms with Crippen LogP contribution in [-0.4, -0.2) is 72.7 Å². The summed E-state index contributed by atoms with van der Waals surface area (Å²) in [5.41, 5.74) is 3.88. The first-order valence-corrected chi connectivity index (χ1v) is 13.1. The van der Waals surface area contributed by atoms with Crippen LogP contribution < -0.4 is 14.9 Å². The molecule has 0 aliphatic carbocycles. The number of ether oxygens (including phenoxy) is 1. The summed E-state index contributed by atoms with van der Waals surface area (Å²) in [6.45, 7) is 10.3. The van der Waals surface area contributed by atoms with Gasteiger partial charge in [-0.05, 0) is 63.1 Å². The number of aryl methyl sites for hydroxylation is 3. The van der Waals surface area contributed by atoms with Crippen LogP contribution in [0.15, 0.2) is 35.2 Å². The number of amides is 1. The maximum atomic E-state index is 13.2. The van der Waals surface area contributed by atoms with Gasteiger partial charge in [-0.2, -0.15) is 0 Å². The minimum absolute atomic E-state index is 0.227. The monoisotopic (exact) mass is 488 g/mol. The Labute approximate surface area is 203 Å². The topological polar surface area (TPSA) is 91.0 Å². The second-order valence-corrected chi connectivity index (χ2v) is 10.6. The van der Waals surface area contributed by atoms with Crippen molar-refractivity contribution in [3.63, 3.8) is 0 Å². The first-order valence-electron chi connectivity index (χ1n) is 11.6. The zero-order valence-electron chi connectivity index (χ0n) is 20.8. The average Bonchev–Trinajstić information content (AvgIpc) is 2.75. The van der Waals surface area contributed by atoms with Gasteiger partial charge in [-0.25, -0.2) is 8.42 Å². The van der Waals surface area contributed by atoms with E-state index >= 15 is 0 Å². The molecule has 186 valence electrons. The summed E-state index contributed by atoms with van der Waals surface area (Å²) < 4.78 is 34.4. The van der Waals surface area contributed by atoms with Gasteiger partial charge in [0, 0.05) is 45.1 Å². The fourth-order valence-electron chi connectivity index (χ4n) is 4.39. The lowest BCUT2D eigenvalue weighted by Crippen LogP contribution is -2.38. The average molecular weight is 489 g/mol. The molecule has 1 aliphatic heterocycles. The maximum Gasteiger partial charge on any atom is 0.262 e. The van der Waals surface area contributed by atoms with Crippen molar-refractivity contribution in [2.45, 2.75) is 32.1 Å². The molecule has 1 saturated heterocycles. The number of nitrogens with one attached hydrogen (secondary N) is 2. The Morgan fingerprint density at radius 3 is 2.32 bits per heavy atom. The molecule has 3 rings (SSSR count). The Bertz CT molecular complexity index is 1100. The highest BCUT2D eigenvalue weighted by Gasteiger charge is 2.22. The SMILES string of the molecule is Cc1cc(C)c(S(=O)(=O)Nc2ccc(N(C)C)c(C(=O)NCCCN3CCOCC3)c2)c(C)c1. The van der Waals surface area contributed by atoms with Crippen LogP contribution in [0.3, 0.4) is 0 Å². The van der Waals surface area contributed by atoms with E-state index in [2.05, 4.69) is 14.9 Å². The Hall–Kier alpha value is -2.62. The van der Waals surface area contributed by atoms with E-state index in [4.69, 9.17) is 4.74 Å². The zero-order chi connectivity index (χ0) is 24.9. The molecular formula is C25H36N4O4S. The summed E-state index contributed by atoms with van der Waals surface area (Å²) in [4.78, 5) is 17.4. The summed E-state index contributed by atoms with van der Waals surface area (Å²) in [7, 11) is -0.102. The van der Waals surface area contributed by atoms with Crippen LogP contribution >= 0.6 is 0 Å². The minimum Gasteiger partial charge on any atom is -0.379 e. The van der Waals surface area contributed by atoms with Gasteiger partial charge < -0.3 is 15.0 Å². The third kappa shape index (κ3) is 6.49. The van der Waals surface area contributed by atoms with Crippen molar-refractivity contribution >= 4 is 27.3 Å². The lowest BCUT2D eigenvalue weighted by atomic mass is 10.1. The summed E-state index contributed by atoms with van der Waals surface area (Å²) in [6.07, 6.45) is 0.835. The normalized spacial score (nSPS) is 14.6. The molecule has 1 heterocycles. The summed E-state index contributed by atoms with van der Waals surface area (Å²) in [5.74, 6) is -0.227. The molecule has 34 heavy (non-hydrogen) atoms. The van der Waals surface area contributed by atoms with Gasteiger partial charge in [-0.15, -0.1) is 0 Å². The van der Waals surface area contributed by atoms with E-state index in [1.54, 1.807) is 32.0 Å². The molecule has 0 bridgehead atoms. The molecule has 2 N–H and O–H groups in total. The Morgan fingerprint density at radius 2 is 1.71 bits per heavy atom. The number of carbonyl (C=O) groups excluding carboxylic acids is 1. The molecular weight excluding hydrogens is 452 g/mol. The number of sulfonamides is 1. The van der Waals surface area contributed by atoms with Gasteiger partial charge in [0.15, 0.2) is 0 Å². The van der Waals surface area contributed by atoms with Crippen LogP contribution in [0.25, 0.3) is 0 Å². The number of hydrogen-bond donors (Lipinski definition) is 2. The Morgan fingerprint density at radius 1 is 1.06 bits per heavy atom. The summed E-state index contributed by atoms with van der Waals surface area (Å²) in [6, 6.07) is 8.75. The van der Waals surface area contributed by atoms with Crippen LogP contribution in [-0.2, 0) is 14.8 Å². The zero-order valence-corrected chi connectivity index (χ0v) is 21.6. The van der Waals surface area contributed by atoms with Crippen molar-refractivity contribution in [1.29, 1.82) is 0 Å². The second kappa shape index (κ2) is 11.2. The van der Waals surface area contributed by atoms with E-state index < -0.39 is 10.0 Å². The van der Waals surface area contributed by atoms with E-state index in [1.807, 2.05) is 38.1 Å². The standard InChI is InChI=1S/C25H36N4O4S/c1-18-15-19(2)24(20(3)16-18)34(31,32)27-21-7-8-23(28(4)5)22(17-21)25(30)26-9-6-10-29-11-13-33-14-12-29/h7-8,15-17,27H,6,9-14H2,1-5H3,(H,26,30). The van der Waals surface area contributed by atoms with Crippen LogP contribution in [0, 0.1) is 20.8 Å². The van der Waals surface area contributed by atoms with E-state index in [9.17, 15) is 13.2 Å². The molecule has 0 radical (unpaired) electrons. The van der Waals surface area contributed by atoms with Gasteiger partial charge in [-0.1, -0.05) is 17.7 Å². The molecule has 0 saturated carbocycles. The molecule has 1 fully saturated rings. The smallest absolute Gasteiger partial charge is 0.262 e. The van der Waals surface area contributed by atoms with Crippen molar-refractivity contribution in [1.82, 2.24) is 10.2 Å². The Kier molecular flexibility index (Phi) is 8.57. The first-order chi connectivity index (χ1) is 16.1. The molecule has 2 aromatic carbocycles. The number of rotatable bonds is 9. The van der Waals surface area contributed by atoms with Crippen molar-refractivity contribution < 1.29 is 17.9 Å². The molecule has 2 aromatic rings. The third-order valence-electron chi connectivity index (χ3n) is 5.89. The van der Waals surface area contributed by atoms with E-state index in [0.29, 0.717) is 28.9 Å².